The lowest BCUT2D eigenvalue weighted by Crippen LogP contribution is -2.00. The molecule has 0 bridgehead atoms. The van der Waals surface area contributed by atoms with E-state index in [0.29, 0.717) is 4.77 Å². The van der Waals surface area contributed by atoms with Gasteiger partial charge in [-0.1, -0.05) is 12.1 Å². The van der Waals surface area contributed by atoms with Crippen LogP contribution in [0.15, 0.2) is 24.3 Å². The number of fused-ring (bicyclic) bond motifs is 1. The van der Waals surface area contributed by atoms with Gasteiger partial charge in [-0.15, -0.1) is 0 Å². The first-order valence-electron chi connectivity index (χ1n) is 6.75. The number of benzene rings is 1. The second-order valence-electron chi connectivity index (χ2n) is 4.76. The number of aryl methyl sites for hydroxylation is 1. The molecule has 3 rings (SSSR count). The molecule has 0 spiro atoms. The maximum Gasteiger partial charge on any atom is 0.195 e. The molecule has 0 aliphatic rings. The first-order chi connectivity index (χ1) is 10.2. The minimum atomic E-state index is 0.623. The molecule has 3 aromatic rings. The number of methoxy groups -OCH3 is 1. The van der Waals surface area contributed by atoms with E-state index in [1.54, 1.807) is 7.11 Å². The van der Waals surface area contributed by atoms with E-state index in [-0.39, 0.29) is 0 Å². The average Bonchev–Trinajstić information content (AvgIpc) is 2.86. The van der Waals surface area contributed by atoms with Crippen LogP contribution in [0.4, 0.5) is 0 Å². The van der Waals surface area contributed by atoms with E-state index in [0.717, 1.165) is 40.3 Å². The lowest BCUT2D eigenvalue weighted by molar-refractivity contribution is 0.419. The lowest BCUT2D eigenvalue weighted by Gasteiger charge is -2.11. The number of H-pyrrole nitrogens is 1. The van der Waals surface area contributed by atoms with Crippen LogP contribution in [0.25, 0.3) is 22.3 Å². The predicted octanol–water partition coefficient (Wildman–Crippen LogP) is 3.49. The number of nitrogens with zero attached hydrogens (tertiary/aromatic N) is 3. The molecule has 6 heteroatoms. The molecule has 0 unspecified atom stereocenters. The van der Waals surface area contributed by atoms with Crippen LogP contribution in [0.1, 0.15) is 12.6 Å². The van der Waals surface area contributed by atoms with Gasteiger partial charge in [0.05, 0.1) is 7.11 Å². The number of para-hydroxylation sites is 1. The molecule has 0 saturated heterocycles. The number of aromatic amines is 1. The van der Waals surface area contributed by atoms with Crippen LogP contribution < -0.4 is 4.74 Å². The van der Waals surface area contributed by atoms with Gasteiger partial charge >= 0.3 is 0 Å². The minimum Gasteiger partial charge on any atom is -0.494 e. The molecular weight excluding hydrogens is 284 g/mol. The largest absolute Gasteiger partial charge is 0.494 e. The van der Waals surface area contributed by atoms with Crippen LogP contribution in [-0.2, 0) is 6.54 Å². The summed E-state index contributed by atoms with van der Waals surface area (Å²) in [5.41, 5.74) is 2.76. The summed E-state index contributed by atoms with van der Waals surface area (Å²) in [5.74, 6) is 1.58. The van der Waals surface area contributed by atoms with Crippen molar-refractivity contribution >= 4 is 23.1 Å². The van der Waals surface area contributed by atoms with E-state index in [1.807, 2.05) is 42.7 Å². The van der Waals surface area contributed by atoms with Crippen molar-refractivity contribution in [3.8, 4) is 17.1 Å². The molecule has 2 heterocycles. The topological polar surface area (TPSA) is 55.7 Å². The number of nitrogens with one attached hydrogen (secondary N) is 1. The zero-order chi connectivity index (χ0) is 15.0. The number of rotatable bonds is 3. The van der Waals surface area contributed by atoms with Crippen molar-refractivity contribution in [2.45, 2.75) is 20.4 Å². The molecule has 0 saturated carbocycles. The highest BCUT2D eigenvalue weighted by Crippen LogP contribution is 2.32. The molecule has 0 radical (unpaired) electrons. The molecule has 0 atom stereocenters. The summed E-state index contributed by atoms with van der Waals surface area (Å²) in [6.07, 6.45) is 0. The van der Waals surface area contributed by atoms with Gasteiger partial charge < -0.3 is 9.30 Å². The van der Waals surface area contributed by atoms with Crippen LogP contribution in [0.3, 0.4) is 0 Å². The maximum atomic E-state index is 5.42. The first-order valence-corrected chi connectivity index (χ1v) is 7.16. The molecule has 1 aromatic carbocycles. The fraction of sp³-hybridized carbons (Fsp3) is 0.267. The van der Waals surface area contributed by atoms with Gasteiger partial charge in [0.25, 0.3) is 0 Å². The summed E-state index contributed by atoms with van der Waals surface area (Å²) in [6.45, 7) is 4.77. The van der Waals surface area contributed by atoms with E-state index in [4.69, 9.17) is 17.0 Å². The third kappa shape index (κ3) is 2.21. The van der Waals surface area contributed by atoms with Gasteiger partial charge in [-0.25, -0.2) is 4.98 Å². The molecule has 0 aliphatic carbocycles. The fourth-order valence-corrected chi connectivity index (χ4v) is 2.78. The molecule has 1 N–H and O–H groups in total. The van der Waals surface area contributed by atoms with Gasteiger partial charge in [0.2, 0.25) is 0 Å². The number of hydrogen-bond donors (Lipinski definition) is 1. The van der Waals surface area contributed by atoms with Crippen molar-refractivity contribution in [1.82, 2.24) is 19.7 Å². The number of ether oxygens (including phenoxy) is 1. The molecule has 108 valence electrons. The first kappa shape index (κ1) is 13.8. The normalized spacial score (nSPS) is 11.0. The third-order valence-corrected chi connectivity index (χ3v) is 3.78. The highest BCUT2D eigenvalue weighted by atomic mass is 32.1. The molecule has 2 aromatic heterocycles. The van der Waals surface area contributed by atoms with Crippen molar-refractivity contribution in [1.29, 1.82) is 0 Å². The Kier molecular flexibility index (Phi) is 3.47. The summed E-state index contributed by atoms with van der Waals surface area (Å²) in [7, 11) is 1.65. The van der Waals surface area contributed by atoms with Gasteiger partial charge in [-0.05, 0) is 38.2 Å². The average molecular weight is 300 g/mol. The van der Waals surface area contributed by atoms with E-state index in [2.05, 4.69) is 15.2 Å². The van der Waals surface area contributed by atoms with Crippen molar-refractivity contribution in [2.75, 3.05) is 7.11 Å². The lowest BCUT2D eigenvalue weighted by atomic mass is 10.1. The van der Waals surface area contributed by atoms with Crippen molar-refractivity contribution in [3.05, 3.63) is 34.7 Å². The quantitative estimate of drug-likeness (QED) is 0.752. The van der Waals surface area contributed by atoms with E-state index in [1.165, 1.54) is 0 Å². The number of pyridine rings is 1. The molecule has 0 aliphatic heterocycles. The Balaban J connectivity index is 2.40. The Morgan fingerprint density at radius 3 is 2.90 bits per heavy atom. The van der Waals surface area contributed by atoms with Gasteiger partial charge in [0.15, 0.2) is 10.6 Å². The standard InChI is InChI=1S/C15H16N4OS/c1-4-19-14(17-18-15(19)21)11-8-9(2)16-13-10(11)6-5-7-12(13)20-3/h5-8H,4H2,1-3H3,(H,18,21). The maximum absolute atomic E-state index is 5.42. The highest BCUT2D eigenvalue weighted by molar-refractivity contribution is 7.71. The molecular formula is C15H16N4OS. The number of hydrogen-bond acceptors (Lipinski definition) is 4. The SMILES string of the molecule is CCn1c(-c2cc(C)nc3c(OC)cccc23)n[nH]c1=S. The Bertz CT molecular complexity index is 866. The van der Waals surface area contributed by atoms with Crippen LogP contribution in [0.5, 0.6) is 5.75 Å². The predicted molar refractivity (Wildman–Crippen MR) is 85.1 cm³/mol. The molecule has 0 amide bonds. The van der Waals surface area contributed by atoms with E-state index >= 15 is 0 Å². The highest BCUT2D eigenvalue weighted by Gasteiger charge is 2.14. The Morgan fingerprint density at radius 2 is 2.19 bits per heavy atom. The van der Waals surface area contributed by atoms with Crippen LogP contribution in [-0.4, -0.2) is 26.9 Å². The minimum absolute atomic E-state index is 0.623. The van der Waals surface area contributed by atoms with Gasteiger partial charge in [0, 0.05) is 23.2 Å². The Hall–Kier alpha value is -2.21. The summed E-state index contributed by atoms with van der Waals surface area (Å²) < 4.78 is 8.02. The van der Waals surface area contributed by atoms with Gasteiger partial charge in [-0.3, -0.25) is 5.10 Å². The zero-order valence-corrected chi connectivity index (χ0v) is 13.0. The van der Waals surface area contributed by atoms with E-state index in [9.17, 15) is 0 Å². The van der Waals surface area contributed by atoms with Crippen molar-refractivity contribution < 1.29 is 4.74 Å². The molecule has 21 heavy (non-hydrogen) atoms. The van der Waals surface area contributed by atoms with Crippen LogP contribution in [0, 0.1) is 11.7 Å². The Labute approximate surface area is 127 Å². The second kappa shape index (κ2) is 5.29. The fourth-order valence-electron chi connectivity index (χ4n) is 2.52. The zero-order valence-electron chi connectivity index (χ0n) is 12.2. The van der Waals surface area contributed by atoms with Gasteiger partial charge in [-0.2, -0.15) is 5.10 Å². The van der Waals surface area contributed by atoms with Crippen molar-refractivity contribution in [3.63, 3.8) is 0 Å². The third-order valence-electron chi connectivity index (χ3n) is 3.47. The van der Waals surface area contributed by atoms with Crippen molar-refractivity contribution in [2.24, 2.45) is 0 Å². The molecule has 0 fully saturated rings. The van der Waals surface area contributed by atoms with Crippen LogP contribution >= 0.6 is 12.2 Å². The monoisotopic (exact) mass is 300 g/mol. The molecule has 5 nitrogen and oxygen atoms in total. The van der Waals surface area contributed by atoms with Crippen LogP contribution in [0.2, 0.25) is 0 Å². The van der Waals surface area contributed by atoms with Gasteiger partial charge in [0.1, 0.15) is 11.3 Å². The smallest absolute Gasteiger partial charge is 0.195 e. The number of aromatic nitrogens is 4. The summed E-state index contributed by atoms with van der Waals surface area (Å²) in [6, 6.07) is 7.92. The second-order valence-corrected chi connectivity index (χ2v) is 5.15. The summed E-state index contributed by atoms with van der Waals surface area (Å²) in [4.78, 5) is 4.60. The summed E-state index contributed by atoms with van der Waals surface area (Å²) >= 11 is 5.28. The summed E-state index contributed by atoms with van der Waals surface area (Å²) in [5, 5.41) is 8.25. The Morgan fingerprint density at radius 1 is 1.38 bits per heavy atom. The van der Waals surface area contributed by atoms with E-state index < -0.39 is 0 Å².